The van der Waals surface area contributed by atoms with Gasteiger partial charge in [0.15, 0.2) is 0 Å². The summed E-state index contributed by atoms with van der Waals surface area (Å²) in [6.07, 6.45) is 6.21. The van der Waals surface area contributed by atoms with E-state index in [1.165, 1.54) is 7.05 Å². The quantitative estimate of drug-likeness (QED) is 0.656. The van der Waals surface area contributed by atoms with Crippen LogP contribution < -0.4 is 4.90 Å². The summed E-state index contributed by atoms with van der Waals surface area (Å²) in [6, 6.07) is 13.4. The lowest BCUT2D eigenvalue weighted by molar-refractivity contribution is 0.0115. The van der Waals surface area contributed by atoms with Crippen LogP contribution >= 0.6 is 0 Å². The van der Waals surface area contributed by atoms with Crippen molar-refractivity contribution in [3.63, 3.8) is 0 Å². The van der Waals surface area contributed by atoms with Crippen LogP contribution in [0.2, 0.25) is 0 Å². The van der Waals surface area contributed by atoms with Gasteiger partial charge in [0.1, 0.15) is 5.82 Å². The van der Waals surface area contributed by atoms with Gasteiger partial charge in [-0.25, -0.2) is 9.78 Å². The number of aromatic nitrogens is 3. The maximum absolute atomic E-state index is 11.5. The molecule has 160 valence electrons. The Kier molecular flexibility index (Phi) is 6.49. The number of rotatable bonds is 6. The number of hydrogen-bond donors (Lipinski definition) is 1. The zero-order chi connectivity index (χ0) is 21.6. The first-order valence-corrected chi connectivity index (χ1v) is 10.2. The van der Waals surface area contributed by atoms with Crippen molar-refractivity contribution in [1.29, 1.82) is 0 Å². The van der Waals surface area contributed by atoms with Gasteiger partial charge in [-0.15, -0.1) is 0 Å². The van der Waals surface area contributed by atoms with E-state index in [4.69, 9.17) is 9.72 Å². The monoisotopic (exact) mass is 419 g/mol. The van der Waals surface area contributed by atoms with Gasteiger partial charge in [0, 0.05) is 50.8 Å². The van der Waals surface area contributed by atoms with Gasteiger partial charge in [0.25, 0.3) is 0 Å². The minimum atomic E-state index is -1.05. The van der Waals surface area contributed by atoms with E-state index in [0.717, 1.165) is 34.8 Å². The van der Waals surface area contributed by atoms with Gasteiger partial charge in [-0.2, -0.15) is 0 Å². The molecule has 1 aliphatic rings. The summed E-state index contributed by atoms with van der Waals surface area (Å²) in [5, 5.41) is 9.42. The van der Waals surface area contributed by atoms with Crippen LogP contribution in [0.15, 0.2) is 67.3 Å². The standard InChI is InChI=1S/C23H25N5O3/c1-27(23(29)30)20-8-2-7-19(26-20)22(28-11-13-31-14-12-28)21(17-5-3-9-24-15-17)18-6-4-10-25-16-18/h2-10,15-16,21-22H,11-14H2,1H3,(H,29,30). The molecule has 1 atom stereocenters. The highest BCUT2D eigenvalue weighted by Crippen LogP contribution is 2.40. The number of carbonyl (C=O) groups is 1. The number of carboxylic acid groups (broad SMARTS) is 1. The predicted molar refractivity (Wildman–Crippen MR) is 116 cm³/mol. The molecular formula is C23H25N5O3. The van der Waals surface area contributed by atoms with E-state index >= 15 is 0 Å². The molecule has 4 heterocycles. The number of hydrogen-bond acceptors (Lipinski definition) is 6. The van der Waals surface area contributed by atoms with E-state index in [0.29, 0.717) is 19.0 Å². The molecule has 0 spiro atoms. The number of morpholine rings is 1. The zero-order valence-corrected chi connectivity index (χ0v) is 17.3. The van der Waals surface area contributed by atoms with Gasteiger partial charge in [0.2, 0.25) is 0 Å². The number of anilines is 1. The number of amides is 1. The third-order valence-electron chi connectivity index (χ3n) is 5.53. The Bertz CT molecular complexity index is 957. The summed E-state index contributed by atoms with van der Waals surface area (Å²) in [5.74, 6) is 0.303. The average Bonchev–Trinajstić information content (AvgIpc) is 2.83. The fraction of sp³-hybridized carbons (Fsp3) is 0.304. The van der Waals surface area contributed by atoms with Gasteiger partial charge in [-0.05, 0) is 35.4 Å². The highest BCUT2D eigenvalue weighted by molar-refractivity contribution is 5.83. The summed E-state index contributed by atoms with van der Waals surface area (Å²) in [7, 11) is 1.50. The molecule has 1 N–H and O–H groups in total. The highest BCUT2D eigenvalue weighted by Gasteiger charge is 2.34. The van der Waals surface area contributed by atoms with E-state index in [1.807, 2.05) is 36.7 Å². The first-order valence-electron chi connectivity index (χ1n) is 10.2. The van der Waals surface area contributed by atoms with Gasteiger partial charge < -0.3 is 9.84 Å². The molecule has 31 heavy (non-hydrogen) atoms. The largest absolute Gasteiger partial charge is 0.465 e. The van der Waals surface area contributed by atoms with E-state index in [2.05, 4.69) is 27.0 Å². The molecule has 0 aliphatic carbocycles. The fourth-order valence-corrected chi connectivity index (χ4v) is 3.99. The SMILES string of the molecule is CN(C(=O)O)c1cccc(C(C(c2cccnc2)c2cccnc2)N2CCOCC2)n1. The van der Waals surface area contributed by atoms with E-state index < -0.39 is 6.09 Å². The Morgan fingerprint density at radius 1 is 1.03 bits per heavy atom. The molecule has 8 heteroatoms. The van der Waals surface area contributed by atoms with Gasteiger partial charge in [0.05, 0.1) is 24.9 Å². The van der Waals surface area contributed by atoms with Crippen LogP contribution in [-0.2, 0) is 4.74 Å². The third kappa shape index (κ3) is 4.70. The summed E-state index contributed by atoms with van der Waals surface area (Å²) in [6.45, 7) is 2.78. The molecule has 3 aromatic heterocycles. The first kappa shape index (κ1) is 20.9. The molecular weight excluding hydrogens is 394 g/mol. The first-order chi connectivity index (χ1) is 15.1. The van der Waals surface area contributed by atoms with Crippen molar-refractivity contribution < 1.29 is 14.6 Å². The Labute approximate surface area is 181 Å². The molecule has 1 unspecified atom stereocenters. The summed E-state index contributed by atoms with van der Waals surface area (Å²) < 4.78 is 5.60. The van der Waals surface area contributed by atoms with Crippen LogP contribution in [0.4, 0.5) is 10.6 Å². The molecule has 0 aromatic carbocycles. The van der Waals surface area contributed by atoms with Gasteiger partial charge in [-0.1, -0.05) is 18.2 Å². The number of pyridine rings is 3. The van der Waals surface area contributed by atoms with Gasteiger partial charge in [-0.3, -0.25) is 19.8 Å². The average molecular weight is 419 g/mol. The molecule has 4 rings (SSSR count). The molecule has 3 aromatic rings. The van der Waals surface area contributed by atoms with Crippen molar-refractivity contribution in [2.24, 2.45) is 0 Å². The summed E-state index contributed by atoms with van der Waals surface area (Å²) >= 11 is 0. The molecule has 8 nitrogen and oxygen atoms in total. The number of nitrogens with zero attached hydrogens (tertiary/aromatic N) is 5. The third-order valence-corrected chi connectivity index (χ3v) is 5.53. The van der Waals surface area contributed by atoms with E-state index in [9.17, 15) is 9.90 Å². The van der Waals surface area contributed by atoms with Crippen molar-refractivity contribution in [3.8, 4) is 0 Å². The number of ether oxygens (including phenoxy) is 1. The Morgan fingerprint density at radius 3 is 2.23 bits per heavy atom. The fourth-order valence-electron chi connectivity index (χ4n) is 3.99. The second-order valence-electron chi connectivity index (χ2n) is 7.41. The van der Waals surface area contributed by atoms with Crippen LogP contribution in [0, 0.1) is 0 Å². The van der Waals surface area contributed by atoms with E-state index in [1.54, 1.807) is 18.5 Å². The minimum Gasteiger partial charge on any atom is -0.465 e. The second-order valence-corrected chi connectivity index (χ2v) is 7.41. The predicted octanol–water partition coefficient (Wildman–Crippen LogP) is 3.19. The zero-order valence-electron chi connectivity index (χ0n) is 17.3. The molecule has 0 bridgehead atoms. The van der Waals surface area contributed by atoms with Crippen molar-refractivity contribution >= 4 is 11.9 Å². The van der Waals surface area contributed by atoms with Crippen molar-refractivity contribution in [1.82, 2.24) is 19.9 Å². The van der Waals surface area contributed by atoms with Crippen LogP contribution in [0.5, 0.6) is 0 Å². The maximum atomic E-state index is 11.5. The van der Waals surface area contributed by atoms with Crippen LogP contribution in [-0.4, -0.2) is 64.4 Å². The highest BCUT2D eigenvalue weighted by atomic mass is 16.5. The molecule has 0 saturated carbocycles. The normalized spacial score (nSPS) is 15.5. The molecule has 1 aliphatic heterocycles. The Morgan fingerprint density at radius 2 is 1.68 bits per heavy atom. The van der Waals surface area contributed by atoms with Crippen LogP contribution in [0.3, 0.4) is 0 Å². The lowest BCUT2D eigenvalue weighted by atomic mass is 9.83. The Hall–Kier alpha value is -3.36. The minimum absolute atomic E-state index is 0.0848. The molecule has 1 amide bonds. The lowest BCUT2D eigenvalue weighted by Crippen LogP contribution is -2.42. The van der Waals surface area contributed by atoms with Crippen LogP contribution in [0.1, 0.15) is 28.8 Å². The molecule has 1 saturated heterocycles. The summed E-state index contributed by atoms with van der Waals surface area (Å²) in [4.78, 5) is 28.4. The molecule has 0 radical (unpaired) electrons. The van der Waals surface area contributed by atoms with Gasteiger partial charge >= 0.3 is 6.09 Å². The van der Waals surface area contributed by atoms with Crippen LogP contribution in [0.25, 0.3) is 0 Å². The molecule has 1 fully saturated rings. The van der Waals surface area contributed by atoms with Crippen molar-refractivity contribution in [3.05, 3.63) is 84.1 Å². The second kappa shape index (κ2) is 9.63. The van der Waals surface area contributed by atoms with E-state index in [-0.39, 0.29) is 12.0 Å². The lowest BCUT2D eigenvalue weighted by Gasteiger charge is -2.39. The maximum Gasteiger partial charge on any atom is 0.412 e. The van der Waals surface area contributed by atoms with Crippen molar-refractivity contribution in [2.45, 2.75) is 12.0 Å². The summed E-state index contributed by atoms with van der Waals surface area (Å²) in [5.41, 5.74) is 2.89. The van der Waals surface area contributed by atoms with Crippen molar-refractivity contribution in [2.75, 3.05) is 38.3 Å². The topological polar surface area (TPSA) is 91.7 Å². The smallest absolute Gasteiger partial charge is 0.412 e. The Balaban J connectivity index is 1.85.